The van der Waals surface area contributed by atoms with Gasteiger partial charge in [-0.3, -0.25) is 0 Å². The summed E-state index contributed by atoms with van der Waals surface area (Å²) in [6, 6.07) is 14.7. The van der Waals surface area contributed by atoms with Crippen LogP contribution in [0.1, 0.15) is 37.2 Å². The summed E-state index contributed by atoms with van der Waals surface area (Å²) in [5.41, 5.74) is 3.29. The van der Waals surface area contributed by atoms with Crippen LogP contribution in [0.4, 0.5) is 0 Å². The summed E-state index contributed by atoms with van der Waals surface area (Å²) in [4.78, 5) is 0. The SMILES string of the molecule is CC[C@H](C)[NH2+]Cc1ccc(OCc2nnnn2-c2ccc(C)cc2)c(OC)c1. The largest absolute Gasteiger partial charge is 0.493 e. The van der Waals surface area contributed by atoms with E-state index in [1.54, 1.807) is 11.8 Å². The zero-order valence-electron chi connectivity index (χ0n) is 16.9. The molecule has 0 fully saturated rings. The van der Waals surface area contributed by atoms with Crippen LogP contribution in [0.2, 0.25) is 0 Å². The van der Waals surface area contributed by atoms with Gasteiger partial charge in [-0.2, -0.15) is 4.68 Å². The average molecular weight is 382 g/mol. The van der Waals surface area contributed by atoms with Gasteiger partial charge in [-0.05, 0) is 61.0 Å². The number of tetrazole rings is 1. The molecule has 3 aromatic rings. The molecule has 2 N–H and O–H groups in total. The molecule has 28 heavy (non-hydrogen) atoms. The number of benzene rings is 2. The molecule has 7 heteroatoms. The Labute approximate surface area is 165 Å². The van der Waals surface area contributed by atoms with E-state index in [1.165, 1.54) is 11.1 Å². The van der Waals surface area contributed by atoms with E-state index < -0.39 is 0 Å². The molecule has 148 valence electrons. The van der Waals surface area contributed by atoms with Gasteiger partial charge in [0.25, 0.3) is 0 Å². The van der Waals surface area contributed by atoms with Gasteiger partial charge in [-0.1, -0.05) is 24.6 Å². The maximum absolute atomic E-state index is 5.96. The molecule has 0 aliphatic rings. The first kappa shape index (κ1) is 19.8. The average Bonchev–Trinajstić information content (AvgIpc) is 3.19. The van der Waals surface area contributed by atoms with Gasteiger partial charge in [0.15, 0.2) is 23.9 Å². The third kappa shape index (κ3) is 4.86. The maximum Gasteiger partial charge on any atom is 0.194 e. The fourth-order valence-corrected chi connectivity index (χ4v) is 2.79. The number of aryl methyl sites for hydroxylation is 1. The van der Waals surface area contributed by atoms with Gasteiger partial charge in [0.1, 0.15) is 6.54 Å². The highest BCUT2D eigenvalue weighted by molar-refractivity contribution is 5.43. The van der Waals surface area contributed by atoms with Crippen LogP contribution in [0.3, 0.4) is 0 Å². The number of rotatable bonds is 9. The van der Waals surface area contributed by atoms with Crippen molar-refractivity contribution in [3.8, 4) is 17.2 Å². The standard InChI is InChI=1S/C21H27N5O2/c1-5-16(3)22-13-17-8-11-19(20(12-17)27-4)28-14-21-23-24-25-26(21)18-9-6-15(2)7-10-18/h6-12,16,22H,5,13-14H2,1-4H3/p+1/t16-/m0/s1. The molecule has 0 unspecified atom stereocenters. The summed E-state index contributed by atoms with van der Waals surface area (Å²) in [5, 5.41) is 14.3. The van der Waals surface area contributed by atoms with Crippen molar-refractivity contribution in [1.29, 1.82) is 0 Å². The van der Waals surface area contributed by atoms with E-state index in [2.05, 4.69) is 40.8 Å². The Morgan fingerprint density at radius 2 is 1.89 bits per heavy atom. The van der Waals surface area contributed by atoms with Crippen molar-refractivity contribution in [1.82, 2.24) is 20.2 Å². The smallest absolute Gasteiger partial charge is 0.194 e. The van der Waals surface area contributed by atoms with Crippen LogP contribution in [0, 0.1) is 6.92 Å². The summed E-state index contributed by atoms with van der Waals surface area (Å²) in [5.74, 6) is 2.01. The normalized spacial score (nSPS) is 12.0. The van der Waals surface area contributed by atoms with Gasteiger partial charge < -0.3 is 14.8 Å². The number of hydrogen-bond acceptors (Lipinski definition) is 5. The third-order valence-electron chi connectivity index (χ3n) is 4.80. The van der Waals surface area contributed by atoms with Gasteiger partial charge in [0.2, 0.25) is 0 Å². The minimum atomic E-state index is 0.246. The first-order chi connectivity index (χ1) is 13.6. The summed E-state index contributed by atoms with van der Waals surface area (Å²) in [6.07, 6.45) is 1.15. The Kier molecular flexibility index (Phi) is 6.60. The molecule has 1 heterocycles. The Morgan fingerprint density at radius 3 is 2.61 bits per heavy atom. The second kappa shape index (κ2) is 9.32. The summed E-state index contributed by atoms with van der Waals surface area (Å²) >= 11 is 0. The highest BCUT2D eigenvalue weighted by Crippen LogP contribution is 2.28. The zero-order valence-corrected chi connectivity index (χ0v) is 16.9. The third-order valence-corrected chi connectivity index (χ3v) is 4.80. The van der Waals surface area contributed by atoms with Crippen LogP contribution >= 0.6 is 0 Å². The topological polar surface area (TPSA) is 78.7 Å². The minimum absolute atomic E-state index is 0.246. The molecule has 0 amide bonds. The fourth-order valence-electron chi connectivity index (χ4n) is 2.79. The van der Waals surface area contributed by atoms with Crippen LogP contribution in [-0.2, 0) is 13.2 Å². The molecule has 0 radical (unpaired) electrons. The molecular weight excluding hydrogens is 354 g/mol. The van der Waals surface area contributed by atoms with Crippen molar-refractivity contribution in [2.24, 2.45) is 0 Å². The number of methoxy groups -OCH3 is 1. The second-order valence-electron chi connectivity index (χ2n) is 6.94. The monoisotopic (exact) mass is 382 g/mol. The van der Waals surface area contributed by atoms with E-state index in [9.17, 15) is 0 Å². The number of nitrogens with two attached hydrogens (primary N) is 1. The van der Waals surface area contributed by atoms with Gasteiger partial charge in [0.05, 0.1) is 18.8 Å². The molecular formula is C21H28N5O2+. The van der Waals surface area contributed by atoms with Gasteiger partial charge in [-0.25, -0.2) is 0 Å². The van der Waals surface area contributed by atoms with Crippen molar-refractivity contribution in [2.45, 2.75) is 46.4 Å². The lowest BCUT2D eigenvalue weighted by molar-refractivity contribution is -0.701. The molecule has 1 atom stereocenters. The molecule has 0 spiro atoms. The molecule has 0 saturated carbocycles. The zero-order chi connectivity index (χ0) is 19.9. The molecule has 0 aliphatic carbocycles. The van der Waals surface area contributed by atoms with Crippen LogP contribution in [-0.4, -0.2) is 33.4 Å². The van der Waals surface area contributed by atoms with Gasteiger partial charge in [0, 0.05) is 5.56 Å². The number of hydrogen-bond donors (Lipinski definition) is 1. The van der Waals surface area contributed by atoms with Crippen molar-refractivity contribution < 1.29 is 14.8 Å². The predicted molar refractivity (Wildman–Crippen MR) is 107 cm³/mol. The van der Waals surface area contributed by atoms with E-state index in [0.717, 1.165) is 18.7 Å². The fraction of sp³-hybridized carbons (Fsp3) is 0.381. The Balaban J connectivity index is 1.69. The van der Waals surface area contributed by atoms with Crippen LogP contribution in [0.5, 0.6) is 11.5 Å². The second-order valence-corrected chi connectivity index (χ2v) is 6.94. The lowest BCUT2D eigenvalue weighted by Gasteiger charge is -2.13. The first-order valence-electron chi connectivity index (χ1n) is 9.58. The van der Waals surface area contributed by atoms with Crippen molar-refractivity contribution in [3.63, 3.8) is 0 Å². The van der Waals surface area contributed by atoms with Gasteiger partial charge >= 0.3 is 0 Å². The van der Waals surface area contributed by atoms with Crippen molar-refractivity contribution in [3.05, 3.63) is 59.4 Å². The van der Waals surface area contributed by atoms with Gasteiger partial charge in [-0.15, -0.1) is 5.10 Å². The molecule has 3 rings (SSSR count). The first-order valence-corrected chi connectivity index (χ1v) is 9.58. The van der Waals surface area contributed by atoms with Crippen LogP contribution < -0.4 is 14.8 Å². The molecule has 2 aromatic carbocycles. The lowest BCUT2D eigenvalue weighted by Crippen LogP contribution is -2.87. The van der Waals surface area contributed by atoms with Crippen molar-refractivity contribution >= 4 is 0 Å². The molecule has 7 nitrogen and oxygen atoms in total. The van der Waals surface area contributed by atoms with E-state index in [4.69, 9.17) is 9.47 Å². The number of ether oxygens (including phenoxy) is 2. The van der Waals surface area contributed by atoms with Crippen LogP contribution in [0.15, 0.2) is 42.5 Å². The lowest BCUT2D eigenvalue weighted by atomic mass is 10.1. The predicted octanol–water partition coefficient (Wildman–Crippen LogP) is 2.42. The summed E-state index contributed by atoms with van der Waals surface area (Å²) in [6.45, 7) is 7.63. The Morgan fingerprint density at radius 1 is 1.11 bits per heavy atom. The number of quaternary nitrogens is 1. The summed E-state index contributed by atoms with van der Waals surface area (Å²) in [7, 11) is 1.65. The van der Waals surface area contributed by atoms with E-state index >= 15 is 0 Å². The highest BCUT2D eigenvalue weighted by Gasteiger charge is 2.12. The maximum atomic E-state index is 5.96. The van der Waals surface area contributed by atoms with E-state index in [1.807, 2.05) is 43.3 Å². The number of nitrogens with zero attached hydrogens (tertiary/aromatic N) is 4. The summed E-state index contributed by atoms with van der Waals surface area (Å²) < 4.78 is 13.2. The molecule has 1 aromatic heterocycles. The van der Waals surface area contributed by atoms with Crippen molar-refractivity contribution in [2.75, 3.05) is 7.11 Å². The highest BCUT2D eigenvalue weighted by atomic mass is 16.5. The Hall–Kier alpha value is -2.93. The van der Waals surface area contributed by atoms with E-state index in [0.29, 0.717) is 23.4 Å². The molecule has 0 aliphatic heterocycles. The van der Waals surface area contributed by atoms with E-state index in [-0.39, 0.29) is 6.61 Å². The molecule has 0 saturated heterocycles. The quantitative estimate of drug-likeness (QED) is 0.615. The minimum Gasteiger partial charge on any atom is -0.493 e. The van der Waals surface area contributed by atoms with Crippen LogP contribution in [0.25, 0.3) is 5.69 Å². The Bertz CT molecular complexity index is 892. The number of aromatic nitrogens is 4. The molecule has 0 bridgehead atoms.